The monoisotopic (exact) mass is 185 g/mol. The number of amides is 1. The van der Waals surface area contributed by atoms with Crippen LogP contribution in [0.4, 0.5) is 0 Å². The van der Waals surface area contributed by atoms with Gasteiger partial charge in [-0.3, -0.25) is 4.79 Å². The number of primary amides is 1. The van der Waals surface area contributed by atoms with E-state index in [-0.39, 0.29) is 12.2 Å². The molecule has 13 heavy (non-hydrogen) atoms. The molecule has 0 rings (SSSR count). The maximum atomic E-state index is 11.1. The van der Waals surface area contributed by atoms with Crippen molar-refractivity contribution >= 4 is 11.9 Å². The molecule has 0 bridgehead atoms. The van der Waals surface area contributed by atoms with Gasteiger partial charge in [0.25, 0.3) is 5.91 Å². The second-order valence-electron chi connectivity index (χ2n) is 2.49. The van der Waals surface area contributed by atoms with Gasteiger partial charge in [-0.1, -0.05) is 19.4 Å². The Morgan fingerprint density at radius 1 is 1.38 bits per heavy atom. The average Bonchev–Trinajstić information content (AvgIpc) is 2.05. The van der Waals surface area contributed by atoms with Crippen LogP contribution >= 0.6 is 0 Å². The first-order chi connectivity index (χ1) is 6.13. The average molecular weight is 185 g/mol. The van der Waals surface area contributed by atoms with E-state index in [1.54, 1.807) is 6.92 Å². The van der Waals surface area contributed by atoms with Crippen LogP contribution < -0.4 is 5.73 Å². The van der Waals surface area contributed by atoms with Crippen LogP contribution in [-0.2, 0) is 14.3 Å². The molecule has 0 unspecified atom stereocenters. The predicted octanol–water partition coefficient (Wildman–Crippen LogP) is 0.761. The van der Waals surface area contributed by atoms with Gasteiger partial charge in [0.15, 0.2) is 0 Å². The first-order valence-electron chi connectivity index (χ1n) is 4.30. The normalized spacial score (nSPS) is 11.1. The summed E-state index contributed by atoms with van der Waals surface area (Å²) in [5.41, 5.74) is 4.95. The summed E-state index contributed by atoms with van der Waals surface area (Å²) in [7, 11) is 0. The van der Waals surface area contributed by atoms with Crippen LogP contribution in [0, 0.1) is 0 Å². The number of unbranched alkanes of at least 4 members (excludes halogenated alkanes) is 1. The molecular formula is C9H15NO3. The molecular weight excluding hydrogens is 170 g/mol. The van der Waals surface area contributed by atoms with Crippen molar-refractivity contribution in [3.8, 4) is 0 Å². The number of nitrogens with two attached hydrogens (primary N) is 1. The molecule has 0 saturated heterocycles. The van der Waals surface area contributed by atoms with Gasteiger partial charge in [0.1, 0.15) is 5.57 Å². The Kier molecular flexibility index (Phi) is 5.59. The third-order valence-corrected chi connectivity index (χ3v) is 1.40. The summed E-state index contributed by atoms with van der Waals surface area (Å²) in [6.45, 7) is 3.87. The molecule has 0 aromatic heterocycles. The molecule has 0 heterocycles. The first-order valence-corrected chi connectivity index (χ1v) is 4.30. The lowest BCUT2D eigenvalue weighted by Crippen LogP contribution is -2.22. The minimum Gasteiger partial charge on any atom is -0.462 e. The van der Waals surface area contributed by atoms with Crippen molar-refractivity contribution in [1.29, 1.82) is 0 Å². The van der Waals surface area contributed by atoms with Gasteiger partial charge in [-0.2, -0.15) is 0 Å². The number of allylic oxidation sites excluding steroid dienone is 1. The molecule has 74 valence electrons. The zero-order valence-corrected chi connectivity index (χ0v) is 8.00. The molecule has 0 radical (unpaired) electrons. The van der Waals surface area contributed by atoms with Crippen LogP contribution in [0.15, 0.2) is 11.6 Å². The number of hydrogen-bond acceptors (Lipinski definition) is 3. The summed E-state index contributed by atoms with van der Waals surface area (Å²) < 4.78 is 4.65. The Labute approximate surface area is 77.7 Å². The van der Waals surface area contributed by atoms with E-state index in [1.165, 1.54) is 6.08 Å². The molecule has 0 aliphatic carbocycles. The zero-order valence-electron chi connectivity index (χ0n) is 8.00. The highest BCUT2D eigenvalue weighted by molar-refractivity contribution is 6.15. The molecule has 0 fully saturated rings. The van der Waals surface area contributed by atoms with Gasteiger partial charge in [-0.05, 0) is 13.3 Å². The fourth-order valence-corrected chi connectivity index (χ4v) is 0.782. The number of ether oxygens (including phenoxy) is 1. The van der Waals surface area contributed by atoms with E-state index in [9.17, 15) is 9.59 Å². The lowest BCUT2D eigenvalue weighted by Gasteiger charge is -2.02. The van der Waals surface area contributed by atoms with Crippen molar-refractivity contribution in [1.82, 2.24) is 0 Å². The van der Waals surface area contributed by atoms with E-state index in [4.69, 9.17) is 5.73 Å². The maximum Gasteiger partial charge on any atom is 0.343 e. The van der Waals surface area contributed by atoms with Gasteiger partial charge in [0.05, 0.1) is 6.61 Å². The molecule has 2 N–H and O–H groups in total. The fourth-order valence-electron chi connectivity index (χ4n) is 0.782. The molecule has 1 amide bonds. The van der Waals surface area contributed by atoms with Crippen molar-refractivity contribution in [2.75, 3.05) is 6.61 Å². The van der Waals surface area contributed by atoms with Crippen LogP contribution in [0.3, 0.4) is 0 Å². The highest BCUT2D eigenvalue weighted by Gasteiger charge is 2.15. The highest BCUT2D eigenvalue weighted by Crippen LogP contribution is 2.01. The van der Waals surface area contributed by atoms with Crippen molar-refractivity contribution in [2.24, 2.45) is 5.73 Å². The number of carbonyl (C=O) groups excluding carboxylic acids is 2. The van der Waals surface area contributed by atoms with Gasteiger partial charge in [0.2, 0.25) is 0 Å². The smallest absolute Gasteiger partial charge is 0.343 e. The molecule has 0 aliphatic heterocycles. The third kappa shape index (κ3) is 4.30. The second-order valence-corrected chi connectivity index (χ2v) is 2.49. The summed E-state index contributed by atoms with van der Waals surface area (Å²) in [4.78, 5) is 21.9. The van der Waals surface area contributed by atoms with E-state index in [0.29, 0.717) is 6.42 Å². The Bertz CT molecular complexity index is 221. The van der Waals surface area contributed by atoms with Crippen molar-refractivity contribution in [3.63, 3.8) is 0 Å². The van der Waals surface area contributed by atoms with Crippen molar-refractivity contribution in [3.05, 3.63) is 11.6 Å². The molecule has 0 aromatic carbocycles. The van der Waals surface area contributed by atoms with Crippen LogP contribution in [0.25, 0.3) is 0 Å². The van der Waals surface area contributed by atoms with Gasteiger partial charge in [-0.15, -0.1) is 0 Å². The van der Waals surface area contributed by atoms with E-state index < -0.39 is 11.9 Å². The molecule has 0 atom stereocenters. The zero-order chi connectivity index (χ0) is 10.3. The number of hydrogen-bond donors (Lipinski definition) is 1. The Balaban J connectivity index is 4.41. The molecule has 4 heteroatoms. The summed E-state index contributed by atoms with van der Waals surface area (Å²) in [6.07, 6.45) is 3.02. The summed E-state index contributed by atoms with van der Waals surface area (Å²) in [5, 5.41) is 0. The van der Waals surface area contributed by atoms with Gasteiger partial charge < -0.3 is 10.5 Å². The van der Waals surface area contributed by atoms with Crippen LogP contribution in [0.1, 0.15) is 26.7 Å². The molecule has 0 aliphatic rings. The van der Waals surface area contributed by atoms with Gasteiger partial charge >= 0.3 is 5.97 Å². The van der Waals surface area contributed by atoms with Gasteiger partial charge in [-0.25, -0.2) is 4.79 Å². The largest absolute Gasteiger partial charge is 0.462 e. The lowest BCUT2D eigenvalue weighted by atomic mass is 10.2. The van der Waals surface area contributed by atoms with Crippen molar-refractivity contribution < 1.29 is 14.3 Å². The second kappa shape index (κ2) is 6.22. The van der Waals surface area contributed by atoms with Crippen LogP contribution in [-0.4, -0.2) is 18.5 Å². The number of carbonyl (C=O) groups is 2. The fraction of sp³-hybridized carbons (Fsp3) is 0.556. The predicted molar refractivity (Wildman–Crippen MR) is 48.8 cm³/mol. The maximum absolute atomic E-state index is 11.1. The quantitative estimate of drug-likeness (QED) is 0.297. The molecule has 0 spiro atoms. The minimum atomic E-state index is -0.730. The van der Waals surface area contributed by atoms with Gasteiger partial charge in [0, 0.05) is 0 Å². The minimum absolute atomic E-state index is 0.0521. The highest BCUT2D eigenvalue weighted by atomic mass is 16.5. The molecule has 0 saturated carbocycles. The Hall–Kier alpha value is -1.32. The number of esters is 1. The topological polar surface area (TPSA) is 69.4 Å². The van der Waals surface area contributed by atoms with Crippen LogP contribution in [0.2, 0.25) is 0 Å². The standard InChI is InChI=1S/C9H15NO3/c1-3-5-6-7(8(10)11)9(12)13-4-2/h6H,3-5H2,1-2H3,(H2,10,11)/b7-6+. The first kappa shape index (κ1) is 11.7. The third-order valence-electron chi connectivity index (χ3n) is 1.40. The van der Waals surface area contributed by atoms with E-state index in [1.807, 2.05) is 6.92 Å². The Morgan fingerprint density at radius 2 is 2.00 bits per heavy atom. The summed E-state index contributed by atoms with van der Waals surface area (Å²) in [6, 6.07) is 0. The van der Waals surface area contributed by atoms with E-state index in [0.717, 1.165) is 6.42 Å². The number of rotatable bonds is 5. The van der Waals surface area contributed by atoms with Crippen LogP contribution in [0.5, 0.6) is 0 Å². The van der Waals surface area contributed by atoms with Crippen molar-refractivity contribution in [2.45, 2.75) is 26.7 Å². The van der Waals surface area contributed by atoms with E-state index >= 15 is 0 Å². The summed E-state index contributed by atoms with van der Waals surface area (Å²) in [5.74, 6) is -1.37. The summed E-state index contributed by atoms with van der Waals surface area (Å²) >= 11 is 0. The Morgan fingerprint density at radius 3 is 2.38 bits per heavy atom. The SMILES string of the molecule is CCC/C=C(\C(N)=O)C(=O)OCC. The lowest BCUT2D eigenvalue weighted by molar-refractivity contribution is -0.139. The molecule has 0 aromatic rings. The van der Waals surface area contributed by atoms with E-state index in [2.05, 4.69) is 4.74 Å². The molecule has 4 nitrogen and oxygen atoms in total.